The van der Waals surface area contributed by atoms with Crippen LogP contribution in [0.2, 0.25) is 0 Å². The van der Waals surface area contributed by atoms with Crippen molar-refractivity contribution >= 4 is 5.97 Å². The molecule has 0 N–H and O–H groups in total. The van der Waals surface area contributed by atoms with Gasteiger partial charge in [0.2, 0.25) is 0 Å². The number of aromatic nitrogens is 4. The molecule has 0 saturated carbocycles. The van der Waals surface area contributed by atoms with Crippen LogP contribution < -0.4 is 0 Å². The molecule has 6 heteroatoms. The molecule has 0 spiro atoms. The van der Waals surface area contributed by atoms with E-state index in [-0.39, 0.29) is 5.97 Å². The van der Waals surface area contributed by atoms with E-state index in [1.807, 2.05) is 0 Å². The van der Waals surface area contributed by atoms with Crippen molar-refractivity contribution in [2.24, 2.45) is 0 Å². The summed E-state index contributed by atoms with van der Waals surface area (Å²) in [4.78, 5) is 11.6. The third-order valence-corrected chi connectivity index (χ3v) is 2.28. The highest BCUT2D eigenvalue weighted by molar-refractivity contribution is 5.90. The fraction of sp³-hybridized carbons (Fsp3) is 0.273. The van der Waals surface area contributed by atoms with Crippen LogP contribution in [0.5, 0.6) is 0 Å². The van der Waals surface area contributed by atoms with E-state index in [0.717, 1.165) is 0 Å². The summed E-state index contributed by atoms with van der Waals surface area (Å²) in [7, 11) is 0. The van der Waals surface area contributed by atoms with Crippen LogP contribution in [0.15, 0.2) is 24.5 Å². The van der Waals surface area contributed by atoms with Gasteiger partial charge in [-0.15, -0.1) is 5.10 Å². The Morgan fingerprint density at radius 3 is 3.00 bits per heavy atom. The minimum atomic E-state index is -0.375. The standard InChI is InChI=1S/C11H12N4O2/c1-3-17-11(16)9-7-13-15(8(9)2)10-5-4-6-12-14-10/h4-7H,3H2,1-2H3. The van der Waals surface area contributed by atoms with Crippen LogP contribution in [0.1, 0.15) is 23.0 Å². The Morgan fingerprint density at radius 1 is 1.53 bits per heavy atom. The monoisotopic (exact) mass is 232 g/mol. The Labute approximate surface area is 98.2 Å². The van der Waals surface area contributed by atoms with Gasteiger partial charge in [-0.05, 0) is 26.0 Å². The van der Waals surface area contributed by atoms with E-state index in [4.69, 9.17) is 4.74 Å². The SMILES string of the molecule is CCOC(=O)c1cnn(-c2cccnn2)c1C. The molecule has 0 aliphatic carbocycles. The number of carbonyl (C=O) groups excluding carboxylic acids is 1. The van der Waals surface area contributed by atoms with E-state index in [1.54, 1.807) is 36.9 Å². The molecule has 2 rings (SSSR count). The van der Waals surface area contributed by atoms with Crippen molar-refractivity contribution in [2.75, 3.05) is 6.61 Å². The van der Waals surface area contributed by atoms with E-state index in [9.17, 15) is 4.79 Å². The Hall–Kier alpha value is -2.24. The smallest absolute Gasteiger partial charge is 0.341 e. The van der Waals surface area contributed by atoms with Crippen LogP contribution in [0.3, 0.4) is 0 Å². The lowest BCUT2D eigenvalue weighted by molar-refractivity contribution is 0.0525. The third-order valence-electron chi connectivity index (χ3n) is 2.28. The molecule has 2 heterocycles. The predicted molar refractivity (Wildman–Crippen MR) is 59.8 cm³/mol. The second kappa shape index (κ2) is 4.73. The lowest BCUT2D eigenvalue weighted by Gasteiger charge is -2.03. The molecule has 2 aromatic heterocycles. The lowest BCUT2D eigenvalue weighted by atomic mass is 10.2. The summed E-state index contributed by atoms with van der Waals surface area (Å²) in [6, 6.07) is 3.52. The zero-order valence-electron chi connectivity index (χ0n) is 9.62. The summed E-state index contributed by atoms with van der Waals surface area (Å²) in [5.74, 6) is 0.195. The van der Waals surface area contributed by atoms with Gasteiger partial charge in [0.15, 0.2) is 5.82 Å². The molecular weight excluding hydrogens is 220 g/mol. The summed E-state index contributed by atoms with van der Waals surface area (Å²) in [6.07, 6.45) is 3.05. The molecule has 0 radical (unpaired) electrons. The number of hydrogen-bond donors (Lipinski definition) is 0. The third kappa shape index (κ3) is 2.15. The topological polar surface area (TPSA) is 69.9 Å². The van der Waals surface area contributed by atoms with E-state index >= 15 is 0 Å². The molecule has 0 saturated heterocycles. The second-order valence-electron chi connectivity index (χ2n) is 3.36. The zero-order valence-corrected chi connectivity index (χ0v) is 9.62. The van der Waals surface area contributed by atoms with Gasteiger partial charge in [-0.25, -0.2) is 9.48 Å². The molecule has 0 aromatic carbocycles. The van der Waals surface area contributed by atoms with Gasteiger partial charge in [0.1, 0.15) is 5.56 Å². The van der Waals surface area contributed by atoms with Crippen molar-refractivity contribution in [3.8, 4) is 5.82 Å². The molecule has 0 bridgehead atoms. The van der Waals surface area contributed by atoms with Gasteiger partial charge in [0.25, 0.3) is 0 Å². The average molecular weight is 232 g/mol. The molecule has 88 valence electrons. The Balaban J connectivity index is 2.37. The van der Waals surface area contributed by atoms with E-state index in [0.29, 0.717) is 23.7 Å². The van der Waals surface area contributed by atoms with Crippen molar-refractivity contribution in [3.63, 3.8) is 0 Å². The van der Waals surface area contributed by atoms with Gasteiger partial charge in [-0.2, -0.15) is 10.2 Å². The molecule has 0 aliphatic heterocycles. The van der Waals surface area contributed by atoms with Crippen LogP contribution in [-0.2, 0) is 4.74 Å². The molecule has 0 aliphatic rings. The number of nitrogens with zero attached hydrogens (tertiary/aromatic N) is 4. The lowest BCUT2D eigenvalue weighted by Crippen LogP contribution is -2.07. The highest BCUT2D eigenvalue weighted by Crippen LogP contribution is 2.12. The average Bonchev–Trinajstić information content (AvgIpc) is 2.72. The Bertz CT molecular complexity index is 522. The molecule has 0 fully saturated rings. The highest BCUT2D eigenvalue weighted by atomic mass is 16.5. The van der Waals surface area contributed by atoms with E-state index in [1.165, 1.54) is 6.20 Å². The van der Waals surface area contributed by atoms with Crippen molar-refractivity contribution < 1.29 is 9.53 Å². The molecule has 2 aromatic rings. The molecule has 0 unspecified atom stereocenters. The first kappa shape index (κ1) is 11.3. The quantitative estimate of drug-likeness (QED) is 0.742. The maximum Gasteiger partial charge on any atom is 0.341 e. The van der Waals surface area contributed by atoms with Gasteiger partial charge >= 0.3 is 5.97 Å². The highest BCUT2D eigenvalue weighted by Gasteiger charge is 2.16. The van der Waals surface area contributed by atoms with Crippen molar-refractivity contribution in [1.29, 1.82) is 0 Å². The summed E-state index contributed by atoms with van der Waals surface area (Å²) in [6.45, 7) is 3.89. The van der Waals surface area contributed by atoms with Gasteiger partial charge in [0, 0.05) is 6.20 Å². The molecule has 0 atom stereocenters. The van der Waals surface area contributed by atoms with Crippen LogP contribution in [0.25, 0.3) is 5.82 Å². The van der Waals surface area contributed by atoms with Crippen LogP contribution >= 0.6 is 0 Å². The first-order valence-corrected chi connectivity index (χ1v) is 5.24. The van der Waals surface area contributed by atoms with Gasteiger partial charge < -0.3 is 4.74 Å². The van der Waals surface area contributed by atoms with E-state index < -0.39 is 0 Å². The molecule has 0 amide bonds. The minimum Gasteiger partial charge on any atom is -0.462 e. The fourth-order valence-electron chi connectivity index (χ4n) is 1.46. The van der Waals surface area contributed by atoms with E-state index in [2.05, 4.69) is 15.3 Å². The fourth-order valence-corrected chi connectivity index (χ4v) is 1.46. The number of ether oxygens (including phenoxy) is 1. The second-order valence-corrected chi connectivity index (χ2v) is 3.36. The Kier molecular flexibility index (Phi) is 3.13. The summed E-state index contributed by atoms with van der Waals surface area (Å²) in [5, 5.41) is 11.8. The van der Waals surface area contributed by atoms with Gasteiger partial charge in [0.05, 0.1) is 18.5 Å². The van der Waals surface area contributed by atoms with Crippen LogP contribution in [0.4, 0.5) is 0 Å². The maximum atomic E-state index is 11.6. The summed E-state index contributed by atoms with van der Waals surface area (Å²) < 4.78 is 6.48. The summed E-state index contributed by atoms with van der Waals surface area (Å²) >= 11 is 0. The number of carbonyl (C=O) groups is 1. The summed E-state index contributed by atoms with van der Waals surface area (Å²) in [5.41, 5.74) is 1.13. The molecular formula is C11H12N4O2. The van der Waals surface area contributed by atoms with Gasteiger partial charge in [-0.1, -0.05) is 0 Å². The van der Waals surface area contributed by atoms with Crippen LogP contribution in [-0.4, -0.2) is 32.6 Å². The maximum absolute atomic E-state index is 11.6. The number of esters is 1. The first-order valence-electron chi connectivity index (χ1n) is 5.24. The minimum absolute atomic E-state index is 0.342. The zero-order chi connectivity index (χ0) is 12.3. The van der Waals surface area contributed by atoms with Crippen LogP contribution in [0, 0.1) is 6.92 Å². The van der Waals surface area contributed by atoms with Gasteiger partial charge in [-0.3, -0.25) is 0 Å². The normalized spacial score (nSPS) is 10.2. The molecule has 6 nitrogen and oxygen atoms in total. The number of rotatable bonds is 3. The Morgan fingerprint density at radius 2 is 2.35 bits per heavy atom. The molecule has 17 heavy (non-hydrogen) atoms. The van der Waals surface area contributed by atoms with Crippen molar-refractivity contribution in [2.45, 2.75) is 13.8 Å². The predicted octanol–water partition coefficient (Wildman–Crippen LogP) is 1.15. The largest absolute Gasteiger partial charge is 0.462 e. The van der Waals surface area contributed by atoms with Crippen molar-refractivity contribution in [1.82, 2.24) is 20.0 Å². The first-order chi connectivity index (χ1) is 8.24. The number of hydrogen-bond acceptors (Lipinski definition) is 5. The van der Waals surface area contributed by atoms with Crippen molar-refractivity contribution in [3.05, 3.63) is 35.8 Å².